The second-order valence-corrected chi connectivity index (χ2v) is 5.64. The number of hydrogen-bond donors (Lipinski definition) is 2. The zero-order valence-electron chi connectivity index (χ0n) is 13.9. The molecule has 1 aliphatic rings. The number of carbonyl (C=O) groups is 2. The lowest BCUT2D eigenvalue weighted by molar-refractivity contribution is -0.122. The van der Waals surface area contributed by atoms with E-state index in [1.165, 1.54) is 17.7 Å². The molecule has 130 valence electrons. The number of aromatic nitrogens is 2. The number of nitrogens with zero attached hydrogens (tertiary/aromatic N) is 4. The fraction of sp³-hybridized carbons (Fsp3) is 0.667. The van der Waals surface area contributed by atoms with Crippen molar-refractivity contribution in [2.75, 3.05) is 20.6 Å². The third kappa shape index (κ3) is 4.95. The Morgan fingerprint density at radius 1 is 1.61 bits per heavy atom. The van der Waals surface area contributed by atoms with Crippen molar-refractivity contribution in [2.45, 2.75) is 44.8 Å². The van der Waals surface area contributed by atoms with Crippen LogP contribution in [0.3, 0.4) is 0 Å². The number of amides is 1. The summed E-state index contributed by atoms with van der Waals surface area (Å²) in [6.07, 6.45) is 5.96. The molecule has 0 bridgehead atoms. The van der Waals surface area contributed by atoms with Gasteiger partial charge in [0.05, 0.1) is 6.04 Å². The molecule has 2 unspecified atom stereocenters. The summed E-state index contributed by atoms with van der Waals surface area (Å²) >= 11 is 0. The molecule has 8 nitrogen and oxygen atoms in total. The molecule has 8 heteroatoms. The molecule has 1 aliphatic heterocycles. The largest absolute Gasteiger partial charge is 0.483 e. The van der Waals surface area contributed by atoms with Crippen LogP contribution >= 0.6 is 0 Å². The molecule has 1 amide bonds. The van der Waals surface area contributed by atoms with Crippen molar-refractivity contribution in [3.05, 3.63) is 18.2 Å². The number of likely N-dealkylation sites (tertiary alicyclic amines) is 1. The smallest absolute Gasteiger partial charge is 0.407 e. The highest BCUT2D eigenvalue weighted by atomic mass is 16.4. The Morgan fingerprint density at radius 2 is 2.26 bits per heavy atom. The van der Waals surface area contributed by atoms with Gasteiger partial charge in [-0.25, -0.2) is 9.78 Å². The molecular formula is C15H26N4O4. The van der Waals surface area contributed by atoms with Crippen LogP contribution in [0.15, 0.2) is 12.4 Å². The first-order valence-corrected chi connectivity index (χ1v) is 7.71. The summed E-state index contributed by atoms with van der Waals surface area (Å²) in [5.74, 6) is 0.845. The predicted molar refractivity (Wildman–Crippen MR) is 85.4 cm³/mol. The maximum absolute atomic E-state index is 11.2. The molecule has 1 fully saturated rings. The van der Waals surface area contributed by atoms with Crippen LogP contribution < -0.4 is 0 Å². The van der Waals surface area contributed by atoms with Gasteiger partial charge in [0.1, 0.15) is 5.82 Å². The second-order valence-electron chi connectivity index (χ2n) is 5.64. The van der Waals surface area contributed by atoms with Gasteiger partial charge in [-0.1, -0.05) is 6.92 Å². The molecular weight excluding hydrogens is 300 g/mol. The summed E-state index contributed by atoms with van der Waals surface area (Å²) in [4.78, 5) is 27.7. The third-order valence-corrected chi connectivity index (χ3v) is 4.28. The summed E-state index contributed by atoms with van der Waals surface area (Å²) in [5, 5.41) is 16.1. The Morgan fingerprint density at radius 3 is 2.74 bits per heavy atom. The molecule has 0 aliphatic carbocycles. The van der Waals surface area contributed by atoms with Crippen LogP contribution in [0.25, 0.3) is 0 Å². The first-order chi connectivity index (χ1) is 11.0. The SMILES string of the molecule is CCC(c1nccn1CC1CCCN1C)N(C)C(=O)O.O=CO. The molecule has 0 radical (unpaired) electrons. The van der Waals surface area contributed by atoms with E-state index in [1.807, 2.05) is 13.1 Å². The Balaban J connectivity index is 0.000000816. The molecule has 0 spiro atoms. The number of likely N-dealkylation sites (N-methyl/N-ethyl adjacent to an activating group) is 1. The van der Waals surface area contributed by atoms with Crippen LogP contribution in [-0.4, -0.2) is 68.8 Å². The van der Waals surface area contributed by atoms with Crippen LogP contribution in [0.2, 0.25) is 0 Å². The zero-order chi connectivity index (χ0) is 17.4. The Hall–Kier alpha value is -2.09. The van der Waals surface area contributed by atoms with Gasteiger partial charge < -0.3 is 24.6 Å². The van der Waals surface area contributed by atoms with E-state index in [0.717, 1.165) is 25.3 Å². The van der Waals surface area contributed by atoms with Crippen molar-refractivity contribution < 1.29 is 19.8 Å². The van der Waals surface area contributed by atoms with E-state index in [0.29, 0.717) is 6.04 Å². The molecule has 2 rings (SSSR count). The zero-order valence-corrected chi connectivity index (χ0v) is 13.9. The minimum Gasteiger partial charge on any atom is -0.483 e. The minimum absolute atomic E-state index is 0.186. The molecule has 23 heavy (non-hydrogen) atoms. The van der Waals surface area contributed by atoms with Gasteiger partial charge in [0.2, 0.25) is 0 Å². The Labute approximate surface area is 136 Å². The average Bonchev–Trinajstić information content (AvgIpc) is 3.11. The van der Waals surface area contributed by atoms with E-state index in [9.17, 15) is 9.90 Å². The maximum atomic E-state index is 11.2. The first kappa shape index (κ1) is 19.0. The van der Waals surface area contributed by atoms with Gasteiger partial charge in [0.25, 0.3) is 6.47 Å². The highest BCUT2D eigenvalue weighted by molar-refractivity contribution is 5.65. The highest BCUT2D eigenvalue weighted by Gasteiger charge is 2.26. The van der Waals surface area contributed by atoms with E-state index < -0.39 is 6.09 Å². The molecule has 2 N–H and O–H groups in total. The topological polar surface area (TPSA) is 98.9 Å². The van der Waals surface area contributed by atoms with E-state index >= 15 is 0 Å². The summed E-state index contributed by atoms with van der Waals surface area (Å²) < 4.78 is 2.11. The lowest BCUT2D eigenvalue weighted by atomic mass is 10.1. The fourth-order valence-corrected chi connectivity index (χ4v) is 2.97. The first-order valence-electron chi connectivity index (χ1n) is 7.71. The molecule has 0 aromatic carbocycles. The Bertz CT molecular complexity index is 505. The quantitative estimate of drug-likeness (QED) is 0.800. The van der Waals surface area contributed by atoms with Crippen LogP contribution in [0.1, 0.15) is 38.1 Å². The third-order valence-electron chi connectivity index (χ3n) is 4.28. The van der Waals surface area contributed by atoms with Gasteiger partial charge in [-0.3, -0.25) is 4.79 Å². The number of imidazole rings is 1. The van der Waals surface area contributed by atoms with Crippen molar-refractivity contribution in [1.82, 2.24) is 19.4 Å². The van der Waals surface area contributed by atoms with E-state index in [-0.39, 0.29) is 12.5 Å². The standard InChI is InChI=1S/C14H24N4O2.CH2O2/c1-4-12(17(3)14(19)20)13-15-7-9-18(13)10-11-6-5-8-16(11)2;2-1-3/h7,9,11-12H,4-6,8,10H2,1-3H3,(H,19,20);1H,(H,2,3). The summed E-state index contributed by atoms with van der Waals surface area (Å²) in [7, 11) is 3.76. The van der Waals surface area contributed by atoms with Crippen molar-refractivity contribution in [1.29, 1.82) is 0 Å². The van der Waals surface area contributed by atoms with Gasteiger partial charge in [0.15, 0.2) is 0 Å². The maximum Gasteiger partial charge on any atom is 0.407 e. The summed E-state index contributed by atoms with van der Waals surface area (Å²) in [5.41, 5.74) is 0. The molecule has 0 saturated carbocycles. The molecule has 1 aromatic rings. The van der Waals surface area contributed by atoms with Gasteiger partial charge in [0, 0.05) is 32.0 Å². The van der Waals surface area contributed by atoms with E-state index in [4.69, 9.17) is 9.90 Å². The number of carboxylic acid groups (broad SMARTS) is 2. The van der Waals surface area contributed by atoms with Crippen molar-refractivity contribution in [2.24, 2.45) is 0 Å². The van der Waals surface area contributed by atoms with Crippen molar-refractivity contribution in [3.8, 4) is 0 Å². The van der Waals surface area contributed by atoms with Gasteiger partial charge in [-0.05, 0) is 32.9 Å². The van der Waals surface area contributed by atoms with Gasteiger partial charge in [-0.2, -0.15) is 0 Å². The Kier molecular flexibility index (Phi) is 7.53. The van der Waals surface area contributed by atoms with Crippen LogP contribution in [0.4, 0.5) is 4.79 Å². The average molecular weight is 326 g/mol. The summed E-state index contributed by atoms with van der Waals surface area (Å²) in [6.45, 7) is 3.77. The predicted octanol–water partition coefficient (Wildman–Crippen LogP) is 1.74. The summed E-state index contributed by atoms with van der Waals surface area (Å²) in [6, 6.07) is 0.338. The lowest BCUT2D eigenvalue weighted by Crippen LogP contribution is -2.34. The highest BCUT2D eigenvalue weighted by Crippen LogP contribution is 2.24. The molecule has 1 saturated heterocycles. The molecule has 2 atom stereocenters. The van der Waals surface area contributed by atoms with Gasteiger partial charge >= 0.3 is 6.09 Å². The van der Waals surface area contributed by atoms with Gasteiger partial charge in [-0.15, -0.1) is 0 Å². The monoisotopic (exact) mass is 326 g/mol. The number of hydrogen-bond acceptors (Lipinski definition) is 4. The molecule has 2 heterocycles. The van der Waals surface area contributed by atoms with E-state index in [1.54, 1.807) is 13.2 Å². The normalized spacial score (nSPS) is 18.8. The van der Waals surface area contributed by atoms with Crippen LogP contribution in [0, 0.1) is 0 Å². The minimum atomic E-state index is -0.913. The van der Waals surface area contributed by atoms with Crippen LogP contribution in [0.5, 0.6) is 0 Å². The lowest BCUT2D eigenvalue weighted by Gasteiger charge is -2.27. The molecule has 1 aromatic heterocycles. The van der Waals surface area contributed by atoms with Crippen LogP contribution in [-0.2, 0) is 11.3 Å². The second kappa shape index (κ2) is 9.14. The van der Waals surface area contributed by atoms with Crippen molar-refractivity contribution >= 4 is 12.6 Å². The number of rotatable bonds is 5. The van der Waals surface area contributed by atoms with Crippen molar-refractivity contribution in [3.63, 3.8) is 0 Å². The fourth-order valence-electron chi connectivity index (χ4n) is 2.97. The van der Waals surface area contributed by atoms with E-state index in [2.05, 4.69) is 21.5 Å².